The van der Waals surface area contributed by atoms with Crippen LogP contribution in [-0.4, -0.2) is 18.2 Å². The average molecular weight is 430 g/mol. The van der Waals surface area contributed by atoms with Crippen molar-refractivity contribution in [2.45, 2.75) is 90.8 Å². The minimum Gasteiger partial charge on any atom is -0.347 e. The van der Waals surface area contributed by atoms with Crippen LogP contribution in [0.3, 0.4) is 0 Å². The van der Waals surface area contributed by atoms with Gasteiger partial charge in [-0.2, -0.15) is 0 Å². The number of nitrogens with zero attached hydrogens (tertiary/aromatic N) is 1. The van der Waals surface area contributed by atoms with Crippen molar-refractivity contribution in [3.05, 3.63) is 41.0 Å². The van der Waals surface area contributed by atoms with Gasteiger partial charge in [0.15, 0.2) is 6.29 Å². The Balaban J connectivity index is 1.43. The van der Waals surface area contributed by atoms with E-state index in [4.69, 9.17) is 14.5 Å². The number of hydrogen-bond acceptors (Lipinski definition) is 4. The van der Waals surface area contributed by atoms with Gasteiger partial charge in [-0.15, -0.1) is 11.3 Å². The molecule has 0 bridgehead atoms. The van der Waals surface area contributed by atoms with Crippen molar-refractivity contribution < 1.29 is 9.47 Å². The number of rotatable bonds is 13. The summed E-state index contributed by atoms with van der Waals surface area (Å²) >= 11 is 1.76. The largest absolute Gasteiger partial charge is 0.347 e. The molecule has 3 rings (SSSR count). The minimum absolute atomic E-state index is 0.203. The first-order valence-electron chi connectivity index (χ1n) is 12.1. The van der Waals surface area contributed by atoms with Gasteiger partial charge in [0, 0.05) is 28.2 Å². The van der Waals surface area contributed by atoms with Gasteiger partial charge in [0.2, 0.25) is 0 Å². The Hall–Kier alpha value is -1.23. The van der Waals surface area contributed by atoms with E-state index in [2.05, 4.69) is 38.1 Å². The first kappa shape index (κ1) is 23.4. The maximum absolute atomic E-state index is 6.05. The van der Waals surface area contributed by atoms with Crippen molar-refractivity contribution in [2.75, 3.05) is 13.2 Å². The highest BCUT2D eigenvalue weighted by Gasteiger charge is 2.24. The van der Waals surface area contributed by atoms with Gasteiger partial charge in [0.1, 0.15) is 0 Å². The second-order valence-corrected chi connectivity index (χ2v) is 9.73. The monoisotopic (exact) mass is 429 g/mol. The molecule has 3 nitrogen and oxygen atoms in total. The van der Waals surface area contributed by atoms with Crippen LogP contribution >= 0.6 is 11.3 Å². The van der Waals surface area contributed by atoms with E-state index in [1.807, 2.05) is 6.20 Å². The Morgan fingerprint density at radius 3 is 2.30 bits per heavy atom. The Bertz CT molecular complexity index is 704. The number of ether oxygens (including phenoxy) is 2. The van der Waals surface area contributed by atoms with E-state index in [1.54, 1.807) is 11.3 Å². The van der Waals surface area contributed by atoms with Gasteiger partial charge in [0.05, 0.1) is 18.1 Å². The zero-order chi connectivity index (χ0) is 21.0. The Morgan fingerprint density at radius 2 is 1.60 bits per heavy atom. The fraction of sp³-hybridized carbons (Fsp3) is 0.654. The molecule has 0 spiro atoms. The van der Waals surface area contributed by atoms with Crippen LogP contribution in [0.25, 0.3) is 10.4 Å². The summed E-state index contributed by atoms with van der Waals surface area (Å²) in [6.45, 7) is 6.15. The number of pyridine rings is 1. The normalized spacial score (nSPS) is 19.3. The molecule has 0 atom stereocenters. The molecule has 0 aliphatic carbocycles. The van der Waals surface area contributed by atoms with Crippen molar-refractivity contribution in [2.24, 2.45) is 5.92 Å². The van der Waals surface area contributed by atoms with Gasteiger partial charge >= 0.3 is 0 Å². The van der Waals surface area contributed by atoms with E-state index in [0.717, 1.165) is 24.5 Å². The Morgan fingerprint density at radius 1 is 0.867 bits per heavy atom. The molecule has 2 aromatic rings. The van der Waals surface area contributed by atoms with E-state index < -0.39 is 0 Å². The molecule has 1 aliphatic rings. The van der Waals surface area contributed by atoms with Crippen LogP contribution < -0.4 is 0 Å². The minimum atomic E-state index is -0.203. The lowest BCUT2D eigenvalue weighted by molar-refractivity contribution is -0.204. The molecule has 0 saturated carbocycles. The lowest BCUT2D eigenvalue weighted by atomic mass is 10.0. The van der Waals surface area contributed by atoms with Crippen LogP contribution in [0, 0.1) is 5.92 Å². The zero-order valence-electron chi connectivity index (χ0n) is 18.9. The van der Waals surface area contributed by atoms with Crippen molar-refractivity contribution in [3.63, 3.8) is 0 Å². The summed E-state index contributed by atoms with van der Waals surface area (Å²) in [6.07, 6.45) is 15.9. The predicted octanol–water partition coefficient (Wildman–Crippen LogP) is 7.96. The fourth-order valence-corrected chi connectivity index (χ4v) is 4.99. The molecule has 0 unspecified atom stereocenters. The van der Waals surface area contributed by atoms with Crippen LogP contribution in [0.2, 0.25) is 0 Å². The van der Waals surface area contributed by atoms with Gasteiger partial charge in [-0.05, 0) is 37.5 Å². The average Bonchev–Trinajstić information content (AvgIpc) is 3.28. The van der Waals surface area contributed by atoms with Gasteiger partial charge in [-0.1, -0.05) is 71.3 Å². The smallest absolute Gasteiger partial charge is 0.193 e. The highest BCUT2D eigenvalue weighted by molar-refractivity contribution is 7.15. The van der Waals surface area contributed by atoms with Crippen LogP contribution in [0.15, 0.2) is 30.5 Å². The molecule has 0 amide bonds. The van der Waals surface area contributed by atoms with Crippen LogP contribution in [0.5, 0.6) is 0 Å². The lowest BCUT2D eigenvalue weighted by Gasteiger charge is -2.28. The van der Waals surface area contributed by atoms with E-state index in [0.29, 0.717) is 5.92 Å². The van der Waals surface area contributed by atoms with Gasteiger partial charge in [-0.25, -0.2) is 0 Å². The molecule has 166 valence electrons. The van der Waals surface area contributed by atoms with Crippen LogP contribution in [0.1, 0.15) is 94.9 Å². The number of thiophene rings is 1. The highest BCUT2D eigenvalue weighted by Crippen LogP contribution is 2.35. The van der Waals surface area contributed by atoms with Gasteiger partial charge in [0.25, 0.3) is 0 Å². The summed E-state index contributed by atoms with van der Waals surface area (Å²) in [6, 6.07) is 8.71. The van der Waals surface area contributed by atoms with Crippen molar-refractivity contribution >= 4 is 11.3 Å². The van der Waals surface area contributed by atoms with Gasteiger partial charge in [-0.3, -0.25) is 4.98 Å². The standard InChI is InChI=1S/C26H39NO2S/c1-3-5-7-9-11-13-23-15-14-22(18-27-23)24-16-17-25(30-24)26-28-19-21(20-29-26)12-10-8-6-4-2/h14-18,21,26H,3-13,19-20H2,1-2H3. The number of hydrogen-bond donors (Lipinski definition) is 0. The zero-order valence-corrected chi connectivity index (χ0v) is 19.7. The lowest BCUT2D eigenvalue weighted by Crippen LogP contribution is -2.26. The van der Waals surface area contributed by atoms with Crippen molar-refractivity contribution in [3.8, 4) is 10.4 Å². The summed E-state index contributed by atoms with van der Waals surface area (Å²) in [5.41, 5.74) is 2.39. The molecule has 0 aromatic carbocycles. The van der Waals surface area contributed by atoms with E-state index in [-0.39, 0.29) is 6.29 Å². The summed E-state index contributed by atoms with van der Waals surface area (Å²) in [7, 11) is 0. The van der Waals surface area contributed by atoms with Crippen molar-refractivity contribution in [1.29, 1.82) is 0 Å². The molecular weight excluding hydrogens is 390 g/mol. The molecule has 3 heterocycles. The molecular formula is C26H39NO2S. The third kappa shape index (κ3) is 7.47. The highest BCUT2D eigenvalue weighted by atomic mass is 32.1. The Kier molecular flexibility index (Phi) is 10.3. The topological polar surface area (TPSA) is 31.4 Å². The number of aryl methyl sites for hydroxylation is 1. The molecule has 0 N–H and O–H groups in total. The van der Waals surface area contributed by atoms with Crippen LogP contribution in [-0.2, 0) is 15.9 Å². The van der Waals surface area contributed by atoms with Gasteiger partial charge < -0.3 is 9.47 Å². The molecule has 1 aliphatic heterocycles. The Labute approximate surface area is 187 Å². The maximum Gasteiger partial charge on any atom is 0.193 e. The molecule has 1 saturated heterocycles. The first-order chi connectivity index (χ1) is 14.8. The third-order valence-corrected chi connectivity index (χ3v) is 7.09. The number of unbranched alkanes of at least 4 members (excludes halogenated alkanes) is 7. The second kappa shape index (κ2) is 13.2. The first-order valence-corrected chi connectivity index (χ1v) is 12.9. The summed E-state index contributed by atoms with van der Waals surface area (Å²) in [4.78, 5) is 7.09. The SMILES string of the molecule is CCCCCCCc1ccc(-c2ccc(C3OCC(CCCCCC)CO3)s2)cn1. The predicted molar refractivity (Wildman–Crippen MR) is 127 cm³/mol. The van der Waals surface area contributed by atoms with Crippen LogP contribution in [0.4, 0.5) is 0 Å². The molecule has 0 radical (unpaired) electrons. The molecule has 1 fully saturated rings. The van der Waals surface area contributed by atoms with Crippen molar-refractivity contribution in [1.82, 2.24) is 4.98 Å². The molecule has 4 heteroatoms. The van der Waals surface area contributed by atoms with E-state index in [1.165, 1.54) is 80.3 Å². The quantitative estimate of drug-likeness (QED) is 0.303. The fourth-order valence-electron chi connectivity index (χ4n) is 4.00. The summed E-state index contributed by atoms with van der Waals surface area (Å²) in [5, 5.41) is 0. The number of aromatic nitrogens is 1. The van der Waals surface area contributed by atoms with E-state index >= 15 is 0 Å². The maximum atomic E-state index is 6.05. The summed E-state index contributed by atoms with van der Waals surface area (Å²) in [5.74, 6) is 0.552. The van der Waals surface area contributed by atoms with E-state index in [9.17, 15) is 0 Å². The molecule has 2 aromatic heterocycles. The third-order valence-electron chi connectivity index (χ3n) is 5.94. The summed E-state index contributed by atoms with van der Waals surface area (Å²) < 4.78 is 12.1. The second-order valence-electron chi connectivity index (χ2n) is 8.62. The molecule has 30 heavy (non-hydrogen) atoms.